The number of para-hydroxylation sites is 1. The van der Waals surface area contributed by atoms with Gasteiger partial charge < -0.3 is 9.80 Å². The summed E-state index contributed by atoms with van der Waals surface area (Å²) in [5.41, 5.74) is 41.7. The molecule has 0 bridgehead atoms. The molecule has 0 N–H and O–H groups in total. The second-order valence-corrected chi connectivity index (χ2v) is 33.9. The molecule has 4 aliphatic carbocycles. The van der Waals surface area contributed by atoms with E-state index in [9.17, 15) is 0 Å². The maximum atomic E-state index is 2.53. The Bertz CT molecular complexity index is 6540. The van der Waals surface area contributed by atoms with Gasteiger partial charge in [0.1, 0.15) is 0 Å². The normalized spacial score (nSPS) is 14.4. The third-order valence-corrected chi connectivity index (χ3v) is 28.1. The predicted molar refractivity (Wildman–Crippen MR) is 503 cm³/mol. The highest BCUT2D eigenvalue weighted by molar-refractivity contribution is 5.97. The Morgan fingerprint density at radius 2 is 0.555 bits per heavy atom. The average Bonchev–Trinajstić information content (AvgIpc) is 1.55. The van der Waals surface area contributed by atoms with Gasteiger partial charge in [-0.05, 0) is 268 Å². The number of nitrogens with zero attached hydrogens (tertiary/aromatic N) is 2. The topological polar surface area (TPSA) is 6.48 Å². The van der Waals surface area contributed by atoms with E-state index in [0.717, 1.165) is 59.8 Å². The lowest BCUT2D eigenvalue weighted by molar-refractivity contribution is 0.490. The van der Waals surface area contributed by atoms with Gasteiger partial charge in [-0.2, -0.15) is 0 Å². The van der Waals surface area contributed by atoms with Crippen molar-refractivity contribution in [2.45, 2.75) is 108 Å². The molecule has 0 saturated carbocycles. The van der Waals surface area contributed by atoms with Crippen LogP contribution in [0.1, 0.15) is 178 Å². The maximum Gasteiger partial charge on any atom is 0.0713 e. The molecule has 119 heavy (non-hydrogen) atoms. The minimum absolute atomic E-state index is 0.179. The van der Waals surface area contributed by atoms with Gasteiger partial charge in [0.2, 0.25) is 0 Å². The lowest BCUT2D eigenvalue weighted by Crippen LogP contribution is -2.28. The van der Waals surface area contributed by atoms with Gasteiger partial charge in [-0.3, -0.25) is 0 Å². The van der Waals surface area contributed by atoms with Crippen molar-refractivity contribution < 1.29 is 0 Å². The van der Waals surface area contributed by atoms with Crippen LogP contribution in [0, 0.1) is 13.8 Å². The highest BCUT2D eigenvalue weighted by Gasteiger charge is 2.49. The second kappa shape index (κ2) is 29.6. The van der Waals surface area contributed by atoms with Crippen LogP contribution in [-0.4, -0.2) is 0 Å². The van der Waals surface area contributed by atoms with Gasteiger partial charge in [0, 0.05) is 50.4 Å². The monoisotopic (exact) mass is 1530 g/mol. The highest BCUT2D eigenvalue weighted by atomic mass is 15.1. The van der Waals surface area contributed by atoms with E-state index in [-0.39, 0.29) is 16.2 Å². The number of rotatable bonds is 20. The Kier molecular flexibility index (Phi) is 18.5. The van der Waals surface area contributed by atoms with Crippen molar-refractivity contribution in [1.29, 1.82) is 0 Å². The van der Waals surface area contributed by atoms with Gasteiger partial charge in [0.05, 0.1) is 10.8 Å². The van der Waals surface area contributed by atoms with Crippen molar-refractivity contribution in [1.82, 2.24) is 0 Å². The fourth-order valence-corrected chi connectivity index (χ4v) is 21.8. The molecule has 2 heteroatoms. The number of hydrogen-bond donors (Lipinski definition) is 0. The van der Waals surface area contributed by atoms with Crippen molar-refractivity contribution in [3.63, 3.8) is 0 Å². The first-order valence-corrected chi connectivity index (χ1v) is 42.9. The van der Waals surface area contributed by atoms with Crippen molar-refractivity contribution in [3.05, 3.63) is 487 Å². The Morgan fingerprint density at radius 1 is 0.244 bits per heavy atom. The van der Waals surface area contributed by atoms with Gasteiger partial charge in [-0.1, -0.05) is 369 Å². The zero-order valence-electron chi connectivity index (χ0n) is 69.3. The van der Waals surface area contributed by atoms with E-state index in [2.05, 4.69) is 466 Å². The number of hydrogen-bond acceptors (Lipinski definition) is 2. The van der Waals surface area contributed by atoms with Gasteiger partial charge in [-0.25, -0.2) is 0 Å². The van der Waals surface area contributed by atoms with Crippen LogP contribution in [0.15, 0.2) is 376 Å². The smallest absolute Gasteiger partial charge is 0.0713 e. The van der Waals surface area contributed by atoms with Crippen molar-refractivity contribution in [3.8, 4) is 44.5 Å². The van der Waals surface area contributed by atoms with Crippen LogP contribution < -0.4 is 9.80 Å². The molecule has 0 spiro atoms. The van der Waals surface area contributed by atoms with E-state index in [1.807, 2.05) is 0 Å². The summed E-state index contributed by atoms with van der Waals surface area (Å²) in [5, 5.41) is 0. The molecule has 0 heterocycles. The molecule has 0 amide bonds. The van der Waals surface area contributed by atoms with Crippen LogP contribution in [0.2, 0.25) is 0 Å². The number of anilines is 6. The number of benzene rings is 16. The zero-order chi connectivity index (χ0) is 80.8. The molecule has 0 atom stereocenters. The minimum atomic E-state index is -0.452. The summed E-state index contributed by atoms with van der Waals surface area (Å²) >= 11 is 0. The first-order chi connectivity index (χ1) is 58.4. The standard InChI is InChI=1S/C117H98N2/c1-9-114(10-2)107-75-81(53-57-83-34-32-50-105-111(83)101-46-28-30-48-103(101)116(105,87-36-18-13-19-37-87)88-38-20-14-21-39-88)55-70-97(107)99-72-68-95(77-109(99)114)118(91-44-26-17-27-45-91)92-64-59-85(60-65-92)113(7,8)86-61-66-93(67-62-86)119(94-63-52-79(5)80(6)74-94)96-69-73-100-98-71-56-82(76-108(98)115(11-3,12-4)110(100)78-96)54-58-84-35-33-51-106-112(84)102-47-29-31-49-104(102)117(106,89-40-22-15-23-41-89)90-42-24-16-25-43-90/h13-78H,9-12H2,1-8H3/b57-53+,58-54+. The molecule has 576 valence electrons. The molecule has 0 fully saturated rings. The fourth-order valence-electron chi connectivity index (χ4n) is 21.8. The summed E-state index contributed by atoms with van der Waals surface area (Å²) in [6, 6.07) is 142. The molecule has 16 aromatic rings. The van der Waals surface area contributed by atoms with E-state index < -0.39 is 10.8 Å². The summed E-state index contributed by atoms with van der Waals surface area (Å²) in [4.78, 5) is 4.94. The first-order valence-electron chi connectivity index (χ1n) is 42.9. The van der Waals surface area contributed by atoms with Crippen molar-refractivity contribution in [2.24, 2.45) is 0 Å². The molecule has 20 rings (SSSR count). The Morgan fingerprint density at radius 3 is 0.941 bits per heavy atom. The summed E-state index contributed by atoms with van der Waals surface area (Å²) in [5.74, 6) is 0. The molecule has 4 aliphatic rings. The predicted octanol–water partition coefficient (Wildman–Crippen LogP) is 30.8. The van der Waals surface area contributed by atoms with Gasteiger partial charge in [0.25, 0.3) is 0 Å². The SMILES string of the molecule is CCC1(CC)c2cc(/C=C/c3cccc4c3-c3ccccc3C4(c3ccccc3)c3ccccc3)ccc2-c2ccc(N(c3ccccc3)c3ccc(C(C)(C)c4ccc(N(c5ccc(C)c(C)c5)c5ccc6c(c5)C(CC)(CC)c5cc(/C=C/c7cccc8c7-c7ccccc7C8(c7ccccc7)c7ccccc7)ccc5-6)cc4)cc3)cc21. The van der Waals surface area contributed by atoms with E-state index in [4.69, 9.17) is 0 Å². The largest absolute Gasteiger partial charge is 0.310 e. The summed E-state index contributed by atoms with van der Waals surface area (Å²) < 4.78 is 0. The van der Waals surface area contributed by atoms with Crippen LogP contribution in [0.25, 0.3) is 68.8 Å². The lowest BCUT2D eigenvalue weighted by Gasteiger charge is -2.33. The van der Waals surface area contributed by atoms with E-state index in [1.165, 1.54) is 156 Å². The summed E-state index contributed by atoms with van der Waals surface area (Å²) in [6.45, 7) is 18.8. The van der Waals surface area contributed by atoms with Crippen LogP contribution in [0.5, 0.6) is 0 Å². The highest BCUT2D eigenvalue weighted by Crippen LogP contribution is 2.62. The van der Waals surface area contributed by atoms with Crippen LogP contribution in [0.3, 0.4) is 0 Å². The Balaban J connectivity index is 0.587. The quantitative estimate of drug-likeness (QED) is 0.0702. The summed E-state index contributed by atoms with van der Waals surface area (Å²) in [7, 11) is 0. The fraction of sp³-hybridized carbons (Fsp3) is 0.145. The van der Waals surface area contributed by atoms with Gasteiger partial charge in [-0.15, -0.1) is 0 Å². The van der Waals surface area contributed by atoms with Gasteiger partial charge >= 0.3 is 0 Å². The summed E-state index contributed by atoms with van der Waals surface area (Å²) in [6.07, 6.45) is 13.4. The third-order valence-electron chi connectivity index (χ3n) is 28.1. The lowest BCUT2D eigenvalue weighted by atomic mass is 9.67. The average molecular weight is 1530 g/mol. The van der Waals surface area contributed by atoms with E-state index in [0.29, 0.717) is 0 Å². The van der Waals surface area contributed by atoms with Crippen LogP contribution in [0.4, 0.5) is 34.1 Å². The number of fused-ring (bicyclic) bond motifs is 12. The Hall–Kier alpha value is -13.4. The minimum Gasteiger partial charge on any atom is -0.310 e. The maximum absolute atomic E-state index is 2.53. The van der Waals surface area contributed by atoms with Crippen molar-refractivity contribution in [2.75, 3.05) is 9.80 Å². The molecular formula is C117H98N2. The van der Waals surface area contributed by atoms with E-state index in [1.54, 1.807) is 0 Å². The van der Waals surface area contributed by atoms with Crippen molar-refractivity contribution >= 4 is 58.4 Å². The van der Waals surface area contributed by atoms with E-state index >= 15 is 0 Å². The van der Waals surface area contributed by atoms with Gasteiger partial charge in [0.15, 0.2) is 0 Å². The Labute approximate surface area is 703 Å². The molecule has 2 nitrogen and oxygen atoms in total. The zero-order valence-corrected chi connectivity index (χ0v) is 69.3. The third kappa shape index (κ3) is 11.6. The number of aryl methyl sites for hydroxylation is 2. The molecule has 0 unspecified atom stereocenters. The van der Waals surface area contributed by atoms with Crippen LogP contribution >= 0.6 is 0 Å². The first kappa shape index (κ1) is 74.4. The molecule has 0 aromatic heterocycles. The molecule has 0 radical (unpaired) electrons. The molecule has 0 aliphatic heterocycles. The molecule has 16 aromatic carbocycles. The van der Waals surface area contributed by atoms with Crippen LogP contribution in [-0.2, 0) is 27.1 Å². The molecular weight excluding hydrogens is 1430 g/mol. The second-order valence-electron chi connectivity index (χ2n) is 33.9. The molecule has 0 saturated heterocycles.